The average Bonchev–Trinajstić information content (AvgIpc) is 2.01. The lowest BCUT2D eigenvalue weighted by molar-refractivity contribution is 0.107. The third-order valence-corrected chi connectivity index (χ3v) is 2.69. The molecule has 0 N–H and O–H groups in total. The Balaban J connectivity index is 3.38. The molecule has 0 saturated heterocycles. The molecule has 0 aliphatic rings. The van der Waals surface area contributed by atoms with Crippen molar-refractivity contribution in [2.24, 2.45) is 0 Å². The SMILES string of the molecule is COc1cc(Cl)cc(I)c1C(=O)Cl. The van der Waals surface area contributed by atoms with E-state index in [2.05, 4.69) is 0 Å². The van der Waals surface area contributed by atoms with E-state index in [0.717, 1.165) is 0 Å². The molecule has 70 valence electrons. The number of hydrogen-bond donors (Lipinski definition) is 0. The van der Waals surface area contributed by atoms with Crippen molar-refractivity contribution in [2.75, 3.05) is 7.11 Å². The molecule has 5 heteroatoms. The van der Waals surface area contributed by atoms with Crippen LogP contribution in [-0.4, -0.2) is 12.4 Å². The monoisotopic (exact) mass is 330 g/mol. The van der Waals surface area contributed by atoms with E-state index in [-0.39, 0.29) is 0 Å². The molecule has 0 aliphatic carbocycles. The van der Waals surface area contributed by atoms with Gasteiger partial charge < -0.3 is 4.74 Å². The molecule has 0 aliphatic heterocycles. The van der Waals surface area contributed by atoms with E-state index in [1.165, 1.54) is 7.11 Å². The fourth-order valence-corrected chi connectivity index (χ4v) is 2.49. The molecular formula is C8H5Cl2IO2. The smallest absolute Gasteiger partial charge is 0.257 e. The first kappa shape index (κ1) is 11.1. The van der Waals surface area contributed by atoms with Gasteiger partial charge in [0.2, 0.25) is 0 Å². The number of carbonyl (C=O) groups is 1. The van der Waals surface area contributed by atoms with Crippen molar-refractivity contribution in [2.45, 2.75) is 0 Å². The highest BCUT2D eigenvalue weighted by atomic mass is 127. The van der Waals surface area contributed by atoms with E-state index in [4.69, 9.17) is 27.9 Å². The third kappa shape index (κ3) is 2.48. The van der Waals surface area contributed by atoms with Crippen LogP contribution in [0, 0.1) is 3.57 Å². The van der Waals surface area contributed by atoms with Crippen LogP contribution in [0.15, 0.2) is 12.1 Å². The van der Waals surface area contributed by atoms with Gasteiger partial charge in [-0.15, -0.1) is 0 Å². The molecule has 0 saturated carbocycles. The molecular weight excluding hydrogens is 326 g/mol. The van der Waals surface area contributed by atoms with Gasteiger partial charge in [-0.25, -0.2) is 0 Å². The van der Waals surface area contributed by atoms with Gasteiger partial charge in [0.15, 0.2) is 0 Å². The van der Waals surface area contributed by atoms with Gasteiger partial charge in [-0.2, -0.15) is 0 Å². The lowest BCUT2D eigenvalue weighted by Crippen LogP contribution is -1.98. The van der Waals surface area contributed by atoms with Crippen LogP contribution in [0.2, 0.25) is 5.02 Å². The molecule has 0 amide bonds. The molecule has 0 bridgehead atoms. The lowest BCUT2D eigenvalue weighted by Gasteiger charge is -2.06. The summed E-state index contributed by atoms with van der Waals surface area (Å²) in [4.78, 5) is 11.0. The molecule has 2 nitrogen and oxygen atoms in total. The summed E-state index contributed by atoms with van der Waals surface area (Å²) in [6.07, 6.45) is 0. The quantitative estimate of drug-likeness (QED) is 0.614. The number of carbonyl (C=O) groups excluding carboxylic acids is 1. The fraction of sp³-hybridized carbons (Fsp3) is 0.125. The summed E-state index contributed by atoms with van der Waals surface area (Å²) in [5.74, 6) is 0.400. The predicted octanol–water partition coefficient (Wildman–Crippen LogP) is 3.33. The standard InChI is InChI=1S/C8H5Cl2IO2/c1-13-6-3-4(9)2-5(11)7(6)8(10)12/h2-3H,1H3. The van der Waals surface area contributed by atoms with Crippen molar-refractivity contribution < 1.29 is 9.53 Å². The summed E-state index contributed by atoms with van der Waals surface area (Å²) in [7, 11) is 1.46. The predicted molar refractivity (Wildman–Crippen MR) is 60.9 cm³/mol. The van der Waals surface area contributed by atoms with E-state index in [0.29, 0.717) is 19.9 Å². The summed E-state index contributed by atoms with van der Waals surface area (Å²) < 4.78 is 5.66. The number of halogens is 3. The third-order valence-electron chi connectivity index (χ3n) is 1.44. The largest absolute Gasteiger partial charge is 0.496 e. The van der Waals surface area contributed by atoms with Crippen LogP contribution in [0.5, 0.6) is 5.75 Å². The molecule has 0 spiro atoms. The van der Waals surface area contributed by atoms with Crippen molar-refractivity contribution in [3.8, 4) is 5.75 Å². The van der Waals surface area contributed by atoms with E-state index < -0.39 is 5.24 Å². The minimum Gasteiger partial charge on any atom is -0.496 e. The second-order valence-electron chi connectivity index (χ2n) is 2.24. The van der Waals surface area contributed by atoms with E-state index in [9.17, 15) is 4.79 Å². The summed E-state index contributed by atoms with van der Waals surface area (Å²) in [6, 6.07) is 3.21. The van der Waals surface area contributed by atoms with Crippen molar-refractivity contribution >= 4 is 51.0 Å². The Labute approximate surface area is 99.3 Å². The molecule has 0 heterocycles. The number of rotatable bonds is 2. The second kappa shape index (κ2) is 4.48. The van der Waals surface area contributed by atoms with Gasteiger partial charge in [-0.05, 0) is 46.3 Å². The van der Waals surface area contributed by atoms with Crippen molar-refractivity contribution in [1.29, 1.82) is 0 Å². The van der Waals surface area contributed by atoms with E-state index in [1.54, 1.807) is 12.1 Å². The van der Waals surface area contributed by atoms with Crippen molar-refractivity contribution in [3.05, 3.63) is 26.3 Å². The number of hydrogen-bond acceptors (Lipinski definition) is 2. The Hall–Kier alpha value is -0.000000000000000111. The maximum absolute atomic E-state index is 11.0. The minimum absolute atomic E-state index is 0.356. The highest BCUT2D eigenvalue weighted by molar-refractivity contribution is 14.1. The van der Waals surface area contributed by atoms with Gasteiger partial charge in [0, 0.05) is 8.59 Å². The van der Waals surface area contributed by atoms with Gasteiger partial charge in [0.25, 0.3) is 5.24 Å². The van der Waals surface area contributed by atoms with Gasteiger partial charge in [0.1, 0.15) is 5.75 Å². The summed E-state index contributed by atoms with van der Waals surface area (Å²) in [5.41, 5.74) is 0.356. The Kier molecular flexibility index (Phi) is 3.82. The molecule has 0 unspecified atom stereocenters. The Morgan fingerprint density at radius 2 is 2.15 bits per heavy atom. The summed E-state index contributed by atoms with van der Waals surface area (Å²) in [6.45, 7) is 0. The van der Waals surface area contributed by atoms with Crippen LogP contribution in [0.3, 0.4) is 0 Å². The van der Waals surface area contributed by atoms with Crippen molar-refractivity contribution in [1.82, 2.24) is 0 Å². The first-order valence-corrected chi connectivity index (χ1v) is 5.12. The normalized spacial score (nSPS) is 9.85. The summed E-state index contributed by atoms with van der Waals surface area (Å²) >= 11 is 13.1. The zero-order valence-corrected chi connectivity index (χ0v) is 10.3. The number of methoxy groups -OCH3 is 1. The second-order valence-corrected chi connectivity index (χ2v) is 4.18. The van der Waals surface area contributed by atoms with Crippen LogP contribution >= 0.6 is 45.8 Å². The van der Waals surface area contributed by atoms with Crippen LogP contribution in [0.25, 0.3) is 0 Å². The molecule has 1 aromatic rings. The Bertz CT molecular complexity index is 352. The zero-order chi connectivity index (χ0) is 10.0. The van der Waals surface area contributed by atoms with Gasteiger partial charge in [-0.3, -0.25) is 4.79 Å². The maximum Gasteiger partial charge on any atom is 0.257 e. The first-order chi connectivity index (χ1) is 6.06. The molecule has 0 atom stereocenters. The zero-order valence-electron chi connectivity index (χ0n) is 6.61. The highest BCUT2D eigenvalue weighted by Crippen LogP contribution is 2.29. The first-order valence-electron chi connectivity index (χ1n) is 3.29. The van der Waals surface area contributed by atoms with Crippen LogP contribution in [0.4, 0.5) is 0 Å². The number of benzene rings is 1. The Morgan fingerprint density at radius 3 is 2.62 bits per heavy atom. The van der Waals surface area contributed by atoms with Crippen LogP contribution < -0.4 is 4.74 Å². The minimum atomic E-state index is -0.544. The molecule has 1 aromatic carbocycles. The molecule has 0 radical (unpaired) electrons. The topological polar surface area (TPSA) is 26.3 Å². The Morgan fingerprint density at radius 1 is 1.54 bits per heavy atom. The lowest BCUT2D eigenvalue weighted by atomic mass is 10.2. The fourth-order valence-electron chi connectivity index (χ4n) is 0.902. The van der Waals surface area contributed by atoms with E-state index >= 15 is 0 Å². The van der Waals surface area contributed by atoms with Gasteiger partial charge in [-0.1, -0.05) is 11.6 Å². The van der Waals surface area contributed by atoms with Gasteiger partial charge >= 0.3 is 0 Å². The molecule has 0 fully saturated rings. The van der Waals surface area contributed by atoms with Crippen molar-refractivity contribution in [3.63, 3.8) is 0 Å². The molecule has 0 aromatic heterocycles. The average molecular weight is 331 g/mol. The van der Waals surface area contributed by atoms with Gasteiger partial charge in [0.05, 0.1) is 12.7 Å². The molecule has 1 rings (SSSR count). The summed E-state index contributed by atoms with van der Waals surface area (Å²) in [5, 5.41) is -0.0270. The highest BCUT2D eigenvalue weighted by Gasteiger charge is 2.14. The van der Waals surface area contributed by atoms with Crippen LogP contribution in [0.1, 0.15) is 10.4 Å². The maximum atomic E-state index is 11.0. The number of ether oxygens (including phenoxy) is 1. The van der Waals surface area contributed by atoms with E-state index in [1.807, 2.05) is 22.6 Å². The van der Waals surface area contributed by atoms with Crippen LogP contribution in [-0.2, 0) is 0 Å². The molecule has 13 heavy (non-hydrogen) atoms.